The number of hydrogen-bond acceptors (Lipinski definition) is 4. The van der Waals surface area contributed by atoms with Crippen molar-refractivity contribution in [1.29, 1.82) is 0 Å². The summed E-state index contributed by atoms with van der Waals surface area (Å²) in [4.78, 5) is 38.4. The Morgan fingerprint density at radius 2 is 1.96 bits per heavy atom. The first-order valence-electron chi connectivity index (χ1n) is 9.38. The van der Waals surface area contributed by atoms with E-state index in [9.17, 15) is 14.4 Å². The van der Waals surface area contributed by atoms with Crippen molar-refractivity contribution in [3.63, 3.8) is 0 Å². The zero-order chi connectivity index (χ0) is 19.6. The molecule has 1 aliphatic carbocycles. The largest absolute Gasteiger partial charge is 0.455 e. The zero-order valence-corrected chi connectivity index (χ0v) is 16.5. The molecule has 1 saturated carbocycles. The Labute approximate surface area is 164 Å². The van der Waals surface area contributed by atoms with Crippen LogP contribution in [0.3, 0.4) is 0 Å². The van der Waals surface area contributed by atoms with E-state index in [-0.39, 0.29) is 18.4 Å². The summed E-state index contributed by atoms with van der Waals surface area (Å²) in [6.07, 6.45) is 4.44. The van der Waals surface area contributed by atoms with Crippen molar-refractivity contribution in [2.45, 2.75) is 52.0 Å². The lowest BCUT2D eigenvalue weighted by molar-refractivity contribution is -0.151. The average molecular weight is 393 g/mol. The summed E-state index contributed by atoms with van der Waals surface area (Å²) in [5.41, 5.74) is 2.36. The van der Waals surface area contributed by atoms with E-state index in [2.05, 4.69) is 5.32 Å². The Morgan fingerprint density at radius 3 is 2.63 bits per heavy atom. The minimum Gasteiger partial charge on any atom is -0.455 e. The lowest BCUT2D eigenvalue weighted by Crippen LogP contribution is -2.35. The number of aryl methyl sites for hydroxylation is 2. The molecular formula is C20H25ClN2O4. The molecule has 7 heteroatoms. The van der Waals surface area contributed by atoms with Crippen molar-refractivity contribution in [3.05, 3.63) is 28.3 Å². The maximum atomic E-state index is 12.3. The van der Waals surface area contributed by atoms with E-state index in [0.29, 0.717) is 17.3 Å². The van der Waals surface area contributed by atoms with Crippen molar-refractivity contribution in [1.82, 2.24) is 4.90 Å². The van der Waals surface area contributed by atoms with Gasteiger partial charge in [0, 0.05) is 19.0 Å². The molecule has 0 radical (unpaired) electrons. The minimum absolute atomic E-state index is 0.00960. The molecule has 3 rings (SSSR count). The second-order valence-electron chi connectivity index (χ2n) is 7.48. The van der Waals surface area contributed by atoms with Crippen LogP contribution in [-0.4, -0.2) is 41.9 Å². The Kier molecular flexibility index (Phi) is 6.05. The second kappa shape index (κ2) is 8.30. The van der Waals surface area contributed by atoms with Crippen LogP contribution >= 0.6 is 11.6 Å². The third-order valence-corrected chi connectivity index (χ3v) is 5.60. The number of rotatable bonds is 5. The number of benzene rings is 1. The van der Waals surface area contributed by atoms with Gasteiger partial charge in [0.15, 0.2) is 6.61 Å². The fourth-order valence-electron chi connectivity index (χ4n) is 3.96. The molecule has 1 atom stereocenters. The molecule has 0 aromatic heterocycles. The summed E-state index contributed by atoms with van der Waals surface area (Å²) in [6, 6.07) is 3.93. The van der Waals surface area contributed by atoms with Gasteiger partial charge in [0.05, 0.1) is 16.6 Å². The van der Waals surface area contributed by atoms with E-state index in [1.165, 1.54) is 0 Å². The van der Waals surface area contributed by atoms with Gasteiger partial charge in [-0.25, -0.2) is 0 Å². The van der Waals surface area contributed by atoms with Crippen LogP contribution in [0.1, 0.15) is 43.2 Å². The quantitative estimate of drug-likeness (QED) is 0.780. The van der Waals surface area contributed by atoms with E-state index >= 15 is 0 Å². The summed E-state index contributed by atoms with van der Waals surface area (Å²) < 4.78 is 5.15. The highest BCUT2D eigenvalue weighted by Gasteiger charge is 2.39. The van der Waals surface area contributed by atoms with Crippen LogP contribution in [0.4, 0.5) is 5.69 Å². The molecule has 1 N–H and O–H groups in total. The molecule has 2 aliphatic rings. The first-order valence-corrected chi connectivity index (χ1v) is 9.75. The van der Waals surface area contributed by atoms with Crippen molar-refractivity contribution in [2.24, 2.45) is 5.92 Å². The molecule has 1 saturated heterocycles. The van der Waals surface area contributed by atoms with Gasteiger partial charge in [-0.1, -0.05) is 30.5 Å². The summed E-state index contributed by atoms with van der Waals surface area (Å²) >= 11 is 6.17. The van der Waals surface area contributed by atoms with Crippen molar-refractivity contribution in [3.8, 4) is 0 Å². The van der Waals surface area contributed by atoms with Crippen LogP contribution in [0.15, 0.2) is 12.1 Å². The number of carbonyl (C=O) groups is 3. The number of esters is 1. The number of anilines is 1. The number of carbonyl (C=O) groups excluding carboxylic acids is 3. The number of nitrogens with zero attached hydrogens (tertiary/aromatic N) is 1. The van der Waals surface area contributed by atoms with Crippen molar-refractivity contribution < 1.29 is 19.1 Å². The summed E-state index contributed by atoms with van der Waals surface area (Å²) in [5, 5.41) is 3.13. The smallest absolute Gasteiger partial charge is 0.311 e. The Balaban J connectivity index is 1.50. The predicted octanol–water partition coefficient (Wildman–Crippen LogP) is 3.23. The topological polar surface area (TPSA) is 75.7 Å². The molecule has 146 valence electrons. The van der Waals surface area contributed by atoms with Crippen molar-refractivity contribution >= 4 is 35.1 Å². The molecule has 1 aromatic rings. The third kappa shape index (κ3) is 4.61. The molecule has 1 aliphatic heterocycles. The normalized spacial score (nSPS) is 20.2. The standard InChI is InChI=1S/C20H25ClN2O4/c1-12-7-13(2)19(16(21)8-12)22-17(24)11-27-20(26)14-9-18(25)23(10-14)15-5-3-4-6-15/h7-8,14-15H,3-6,9-11H2,1-2H3,(H,22,24)/t14-/m0/s1. The van der Waals surface area contributed by atoms with Crippen LogP contribution in [-0.2, 0) is 19.1 Å². The van der Waals surface area contributed by atoms with E-state index in [4.69, 9.17) is 16.3 Å². The van der Waals surface area contributed by atoms with Gasteiger partial charge in [-0.2, -0.15) is 0 Å². The highest BCUT2D eigenvalue weighted by atomic mass is 35.5. The fraction of sp³-hybridized carbons (Fsp3) is 0.550. The Bertz CT molecular complexity index is 735. The van der Waals surface area contributed by atoms with Crippen LogP contribution in [0.2, 0.25) is 5.02 Å². The van der Waals surface area contributed by atoms with E-state index < -0.39 is 24.4 Å². The Hall–Kier alpha value is -2.08. The molecule has 0 spiro atoms. The fourth-order valence-corrected chi connectivity index (χ4v) is 4.33. The molecule has 2 amide bonds. The van der Waals surface area contributed by atoms with E-state index in [1.807, 2.05) is 24.8 Å². The maximum Gasteiger partial charge on any atom is 0.311 e. The van der Waals surface area contributed by atoms with Gasteiger partial charge >= 0.3 is 5.97 Å². The van der Waals surface area contributed by atoms with Gasteiger partial charge in [-0.05, 0) is 43.9 Å². The zero-order valence-electron chi connectivity index (χ0n) is 15.7. The SMILES string of the molecule is Cc1cc(C)c(NC(=O)COC(=O)[C@H]2CC(=O)N(C3CCCC3)C2)c(Cl)c1. The second-order valence-corrected chi connectivity index (χ2v) is 7.89. The van der Waals surface area contributed by atoms with Crippen LogP contribution in [0.5, 0.6) is 0 Å². The number of amides is 2. The van der Waals surface area contributed by atoms with Crippen molar-refractivity contribution in [2.75, 3.05) is 18.5 Å². The molecular weight excluding hydrogens is 368 g/mol. The average Bonchev–Trinajstić information content (AvgIpc) is 3.25. The first-order chi connectivity index (χ1) is 12.8. The van der Waals surface area contributed by atoms with Gasteiger partial charge in [0.2, 0.25) is 5.91 Å². The maximum absolute atomic E-state index is 12.3. The monoisotopic (exact) mass is 392 g/mol. The molecule has 2 fully saturated rings. The highest BCUT2D eigenvalue weighted by Crippen LogP contribution is 2.30. The van der Waals surface area contributed by atoms with Gasteiger partial charge < -0.3 is 15.0 Å². The van der Waals surface area contributed by atoms with Crippen LogP contribution < -0.4 is 5.32 Å². The van der Waals surface area contributed by atoms with Crippen LogP contribution in [0.25, 0.3) is 0 Å². The third-order valence-electron chi connectivity index (χ3n) is 5.30. The molecule has 27 heavy (non-hydrogen) atoms. The molecule has 1 aromatic carbocycles. The number of halogens is 1. The molecule has 6 nitrogen and oxygen atoms in total. The van der Waals surface area contributed by atoms with Gasteiger partial charge in [0.25, 0.3) is 5.91 Å². The minimum atomic E-state index is -0.495. The molecule has 1 heterocycles. The number of ether oxygens (including phenoxy) is 1. The molecule has 0 bridgehead atoms. The summed E-state index contributed by atoms with van der Waals surface area (Å²) in [7, 11) is 0. The number of hydrogen-bond donors (Lipinski definition) is 1. The number of likely N-dealkylation sites (tertiary alicyclic amines) is 1. The number of nitrogens with one attached hydrogen (secondary N) is 1. The molecule has 0 unspecified atom stereocenters. The van der Waals surface area contributed by atoms with Gasteiger partial charge in [0.1, 0.15) is 0 Å². The lowest BCUT2D eigenvalue weighted by atomic mass is 10.1. The van der Waals surface area contributed by atoms with Gasteiger partial charge in [-0.15, -0.1) is 0 Å². The summed E-state index contributed by atoms with van der Waals surface area (Å²) in [6.45, 7) is 3.77. The summed E-state index contributed by atoms with van der Waals surface area (Å²) in [5.74, 6) is -1.43. The predicted molar refractivity (Wildman–Crippen MR) is 103 cm³/mol. The Morgan fingerprint density at radius 1 is 1.26 bits per heavy atom. The lowest BCUT2D eigenvalue weighted by Gasteiger charge is -2.23. The van der Waals surface area contributed by atoms with E-state index in [1.54, 1.807) is 6.07 Å². The van der Waals surface area contributed by atoms with Gasteiger partial charge in [-0.3, -0.25) is 14.4 Å². The highest BCUT2D eigenvalue weighted by molar-refractivity contribution is 6.34. The first kappa shape index (κ1) is 19.7. The van der Waals surface area contributed by atoms with Crippen LogP contribution in [0, 0.1) is 19.8 Å². The van der Waals surface area contributed by atoms with E-state index in [0.717, 1.165) is 36.8 Å².